The van der Waals surface area contributed by atoms with E-state index in [1.807, 2.05) is 45.0 Å². The predicted molar refractivity (Wildman–Crippen MR) is 93.1 cm³/mol. The Hall–Kier alpha value is -1.31. The number of aliphatic hydroxyl groups excluding tert-OH is 1. The van der Waals surface area contributed by atoms with Crippen molar-refractivity contribution in [2.45, 2.75) is 42.1 Å². The SMILES string of the molecule is CC(C)(C)OC(=O)N1C[C@@H](O)[C@H](Sc2nc3ccccc3s2)C1. The predicted octanol–water partition coefficient (Wildman–Crippen LogP) is 3.37. The van der Waals surface area contributed by atoms with Crippen molar-refractivity contribution >= 4 is 39.4 Å². The first kappa shape index (κ1) is 16.5. The lowest BCUT2D eigenvalue weighted by molar-refractivity contribution is 0.0270. The van der Waals surface area contributed by atoms with E-state index in [0.29, 0.717) is 13.1 Å². The number of ether oxygens (including phenoxy) is 1. The van der Waals surface area contributed by atoms with Crippen molar-refractivity contribution in [2.75, 3.05) is 13.1 Å². The van der Waals surface area contributed by atoms with Gasteiger partial charge in [0.2, 0.25) is 0 Å². The Bertz CT molecular complexity index is 678. The van der Waals surface area contributed by atoms with Crippen molar-refractivity contribution in [3.63, 3.8) is 0 Å². The van der Waals surface area contributed by atoms with Crippen molar-refractivity contribution in [1.29, 1.82) is 0 Å². The van der Waals surface area contributed by atoms with Crippen molar-refractivity contribution in [3.05, 3.63) is 24.3 Å². The number of thiazole rings is 1. The molecule has 1 aromatic carbocycles. The molecule has 1 amide bonds. The van der Waals surface area contributed by atoms with Crippen LogP contribution < -0.4 is 0 Å². The fourth-order valence-electron chi connectivity index (χ4n) is 2.38. The second-order valence-corrected chi connectivity index (χ2v) is 9.07. The molecule has 2 atom stereocenters. The fourth-order valence-corrected chi connectivity index (χ4v) is 4.82. The van der Waals surface area contributed by atoms with Crippen LogP contribution in [0.2, 0.25) is 0 Å². The Morgan fingerprint density at radius 1 is 1.39 bits per heavy atom. The van der Waals surface area contributed by atoms with Crippen LogP contribution in [0.25, 0.3) is 10.2 Å². The highest BCUT2D eigenvalue weighted by atomic mass is 32.2. The largest absolute Gasteiger partial charge is 0.444 e. The van der Waals surface area contributed by atoms with Crippen LogP contribution in [0.15, 0.2) is 28.6 Å². The Morgan fingerprint density at radius 3 is 2.83 bits per heavy atom. The van der Waals surface area contributed by atoms with Crippen LogP contribution in [0.4, 0.5) is 4.79 Å². The van der Waals surface area contributed by atoms with Crippen LogP contribution in [0.1, 0.15) is 20.8 Å². The molecule has 0 bridgehead atoms. The van der Waals surface area contributed by atoms with E-state index in [-0.39, 0.29) is 11.3 Å². The van der Waals surface area contributed by atoms with E-state index >= 15 is 0 Å². The highest BCUT2D eigenvalue weighted by molar-refractivity contribution is 8.01. The molecule has 1 aliphatic rings. The molecular weight excluding hydrogens is 332 g/mol. The summed E-state index contributed by atoms with van der Waals surface area (Å²) in [7, 11) is 0. The molecule has 1 fully saturated rings. The molecule has 5 nitrogen and oxygen atoms in total. The summed E-state index contributed by atoms with van der Waals surface area (Å²) < 4.78 is 7.42. The lowest BCUT2D eigenvalue weighted by atomic mass is 10.2. The first-order valence-corrected chi connectivity index (χ1v) is 9.20. The maximum Gasteiger partial charge on any atom is 0.410 e. The standard InChI is InChI=1S/C16H20N2O3S2/c1-16(2,3)21-15(20)18-8-11(19)13(9-18)23-14-17-10-6-4-5-7-12(10)22-14/h4-7,11,13,19H,8-9H2,1-3H3/t11-,13-/m1/s1. The molecule has 0 spiro atoms. The van der Waals surface area contributed by atoms with Crippen LogP contribution in [-0.2, 0) is 4.74 Å². The summed E-state index contributed by atoms with van der Waals surface area (Å²) >= 11 is 3.14. The van der Waals surface area contributed by atoms with Crippen molar-refractivity contribution < 1.29 is 14.6 Å². The molecule has 23 heavy (non-hydrogen) atoms. The van der Waals surface area contributed by atoms with Gasteiger partial charge in [-0.1, -0.05) is 23.9 Å². The number of thioether (sulfide) groups is 1. The highest BCUT2D eigenvalue weighted by Gasteiger charge is 2.37. The first-order chi connectivity index (χ1) is 10.8. The van der Waals surface area contributed by atoms with Gasteiger partial charge in [0.1, 0.15) is 5.60 Å². The summed E-state index contributed by atoms with van der Waals surface area (Å²) in [5, 5.41) is 10.2. The lowest BCUT2D eigenvalue weighted by Crippen LogP contribution is -2.35. The molecule has 2 aromatic rings. The zero-order chi connectivity index (χ0) is 16.6. The molecule has 0 aliphatic carbocycles. The molecule has 0 radical (unpaired) electrons. The second-order valence-electron chi connectivity index (χ2n) is 6.56. The number of likely N-dealkylation sites (tertiary alicyclic amines) is 1. The van der Waals surface area contributed by atoms with E-state index in [1.165, 1.54) is 11.8 Å². The quantitative estimate of drug-likeness (QED) is 0.898. The van der Waals surface area contributed by atoms with Crippen LogP contribution in [0, 0.1) is 0 Å². The maximum absolute atomic E-state index is 12.1. The molecule has 1 saturated heterocycles. The number of amides is 1. The minimum Gasteiger partial charge on any atom is -0.444 e. The van der Waals surface area contributed by atoms with Gasteiger partial charge in [-0.3, -0.25) is 0 Å². The number of β-amino-alcohol motifs (C(OH)–C–C–N with tert-alkyl or cyclic N) is 1. The van der Waals surface area contributed by atoms with Gasteiger partial charge in [-0.2, -0.15) is 0 Å². The van der Waals surface area contributed by atoms with Gasteiger partial charge in [0, 0.05) is 6.54 Å². The monoisotopic (exact) mass is 352 g/mol. The van der Waals surface area contributed by atoms with Gasteiger partial charge in [-0.15, -0.1) is 11.3 Å². The minimum absolute atomic E-state index is 0.0805. The molecule has 1 N–H and O–H groups in total. The van der Waals surface area contributed by atoms with Gasteiger partial charge in [-0.25, -0.2) is 9.78 Å². The molecule has 2 heterocycles. The Morgan fingerprint density at radius 2 is 2.13 bits per heavy atom. The number of carbonyl (C=O) groups excluding carboxylic acids is 1. The zero-order valence-corrected chi connectivity index (χ0v) is 15.0. The number of hydrogen-bond acceptors (Lipinski definition) is 6. The summed E-state index contributed by atoms with van der Waals surface area (Å²) in [6.07, 6.45) is -0.941. The van der Waals surface area contributed by atoms with E-state index in [9.17, 15) is 9.90 Å². The Labute approximate surface area is 143 Å². The molecule has 1 aliphatic heterocycles. The van der Waals surface area contributed by atoms with Gasteiger partial charge in [0.05, 0.1) is 28.1 Å². The van der Waals surface area contributed by atoms with Crippen LogP contribution in [-0.4, -0.2) is 51.1 Å². The third-order valence-corrected chi connectivity index (χ3v) is 5.84. The van der Waals surface area contributed by atoms with Gasteiger partial charge >= 0.3 is 6.09 Å². The van der Waals surface area contributed by atoms with Crippen LogP contribution in [0.5, 0.6) is 0 Å². The average molecular weight is 352 g/mol. The van der Waals surface area contributed by atoms with Crippen molar-refractivity contribution in [1.82, 2.24) is 9.88 Å². The normalized spacial score (nSPS) is 21.8. The Balaban J connectivity index is 1.66. The van der Waals surface area contributed by atoms with Crippen LogP contribution >= 0.6 is 23.1 Å². The zero-order valence-electron chi connectivity index (χ0n) is 13.4. The number of aromatic nitrogens is 1. The van der Waals surface area contributed by atoms with Crippen LogP contribution in [0.3, 0.4) is 0 Å². The maximum atomic E-state index is 12.1. The topological polar surface area (TPSA) is 62.7 Å². The number of aliphatic hydroxyl groups is 1. The molecule has 0 saturated carbocycles. The number of para-hydroxylation sites is 1. The van der Waals surface area contributed by atoms with Crippen molar-refractivity contribution in [3.8, 4) is 0 Å². The number of fused-ring (bicyclic) bond motifs is 1. The van der Waals surface area contributed by atoms with E-state index < -0.39 is 11.7 Å². The molecule has 124 valence electrons. The summed E-state index contributed by atoms with van der Waals surface area (Å²) in [5.74, 6) is 0. The van der Waals surface area contributed by atoms with E-state index in [1.54, 1.807) is 16.2 Å². The number of benzene rings is 1. The summed E-state index contributed by atoms with van der Waals surface area (Å²) in [6, 6.07) is 7.97. The minimum atomic E-state index is -0.570. The lowest BCUT2D eigenvalue weighted by Gasteiger charge is -2.24. The summed E-state index contributed by atoms with van der Waals surface area (Å²) in [5.41, 5.74) is 0.441. The van der Waals surface area contributed by atoms with E-state index in [4.69, 9.17) is 4.74 Å². The Kier molecular flexibility index (Phi) is 4.53. The molecular formula is C16H20N2O3S2. The van der Waals surface area contributed by atoms with Gasteiger partial charge in [0.25, 0.3) is 0 Å². The third-order valence-electron chi connectivity index (χ3n) is 3.42. The van der Waals surface area contributed by atoms with Gasteiger partial charge < -0.3 is 14.7 Å². The third kappa shape index (κ3) is 3.97. The average Bonchev–Trinajstić information content (AvgIpc) is 3.01. The first-order valence-electron chi connectivity index (χ1n) is 7.50. The van der Waals surface area contributed by atoms with E-state index in [2.05, 4.69) is 4.98 Å². The van der Waals surface area contributed by atoms with Gasteiger partial charge in [0.15, 0.2) is 4.34 Å². The number of nitrogens with zero attached hydrogens (tertiary/aromatic N) is 2. The smallest absolute Gasteiger partial charge is 0.410 e. The molecule has 3 rings (SSSR count). The summed E-state index contributed by atoms with van der Waals surface area (Å²) in [4.78, 5) is 18.3. The fraction of sp³-hybridized carbons (Fsp3) is 0.500. The molecule has 1 aromatic heterocycles. The highest BCUT2D eigenvalue weighted by Crippen LogP contribution is 2.35. The van der Waals surface area contributed by atoms with Crippen molar-refractivity contribution in [2.24, 2.45) is 0 Å². The van der Waals surface area contributed by atoms with Gasteiger partial charge in [-0.05, 0) is 32.9 Å². The molecule has 0 unspecified atom stereocenters. The second kappa shape index (κ2) is 6.30. The number of carbonyl (C=O) groups is 1. The summed E-state index contributed by atoms with van der Waals surface area (Å²) in [6.45, 7) is 6.29. The number of rotatable bonds is 2. The van der Waals surface area contributed by atoms with E-state index in [0.717, 1.165) is 14.6 Å². The number of hydrogen-bond donors (Lipinski definition) is 1. The molecule has 7 heteroatoms.